The molecule has 3 nitrogen and oxygen atoms in total. The van der Waals surface area contributed by atoms with Crippen LogP contribution in [0.1, 0.15) is 20.3 Å². The number of ether oxygens (including phenoxy) is 1. The highest BCUT2D eigenvalue weighted by Crippen LogP contribution is 2.33. The summed E-state index contributed by atoms with van der Waals surface area (Å²) in [5.74, 6) is -0.302. The third-order valence-corrected chi connectivity index (χ3v) is 3.38. The van der Waals surface area contributed by atoms with E-state index in [9.17, 15) is 9.90 Å². The molecule has 1 saturated heterocycles. The molecular weight excluding hydrogens is 259 g/mol. The highest BCUT2D eigenvalue weighted by molar-refractivity contribution is 14.1. The Balaban J connectivity index is 2.78. The van der Waals surface area contributed by atoms with E-state index in [2.05, 4.69) is 22.6 Å². The first-order chi connectivity index (χ1) is 4.97. The van der Waals surface area contributed by atoms with Crippen LogP contribution in [-0.4, -0.2) is 26.7 Å². The SMILES string of the molecule is C[C@@H](I)[C@@]1(C)OC(=O)C[C@H]1O. The number of carbonyl (C=O) groups is 1. The molecule has 3 atom stereocenters. The minimum absolute atomic E-state index is 0.126. The lowest BCUT2D eigenvalue weighted by atomic mass is 9.96. The van der Waals surface area contributed by atoms with Crippen LogP contribution in [-0.2, 0) is 9.53 Å². The average Bonchev–Trinajstić information content (AvgIpc) is 2.08. The van der Waals surface area contributed by atoms with E-state index < -0.39 is 11.7 Å². The van der Waals surface area contributed by atoms with E-state index in [1.807, 2.05) is 6.92 Å². The van der Waals surface area contributed by atoms with Gasteiger partial charge in [-0.1, -0.05) is 22.6 Å². The van der Waals surface area contributed by atoms with Gasteiger partial charge in [-0.15, -0.1) is 0 Å². The minimum atomic E-state index is -0.683. The zero-order valence-corrected chi connectivity index (χ0v) is 8.66. The molecule has 0 bridgehead atoms. The third kappa shape index (κ3) is 1.51. The molecule has 64 valence electrons. The van der Waals surface area contributed by atoms with E-state index in [4.69, 9.17) is 4.74 Å². The largest absolute Gasteiger partial charge is 0.455 e. The lowest BCUT2D eigenvalue weighted by Gasteiger charge is -2.28. The Morgan fingerprint density at radius 2 is 2.45 bits per heavy atom. The Hall–Kier alpha value is 0.160. The second-order valence-corrected chi connectivity index (χ2v) is 4.86. The summed E-state index contributed by atoms with van der Waals surface area (Å²) in [5, 5.41) is 9.44. The second kappa shape index (κ2) is 2.90. The molecule has 0 amide bonds. The number of aliphatic hydroxyl groups is 1. The summed E-state index contributed by atoms with van der Waals surface area (Å²) in [6.45, 7) is 3.68. The molecule has 0 saturated carbocycles. The van der Waals surface area contributed by atoms with E-state index in [1.165, 1.54) is 0 Å². The summed E-state index contributed by atoms with van der Waals surface area (Å²) in [7, 11) is 0. The monoisotopic (exact) mass is 270 g/mol. The summed E-state index contributed by atoms with van der Waals surface area (Å²) >= 11 is 2.15. The molecule has 0 aromatic carbocycles. The number of esters is 1. The van der Waals surface area contributed by atoms with Crippen LogP contribution in [0.4, 0.5) is 0 Å². The van der Waals surface area contributed by atoms with Gasteiger partial charge in [0.05, 0.1) is 10.3 Å². The Labute approximate surface area is 79.3 Å². The molecule has 0 radical (unpaired) electrons. The van der Waals surface area contributed by atoms with Gasteiger partial charge in [0, 0.05) is 0 Å². The molecule has 0 spiro atoms. The number of alkyl halides is 1. The van der Waals surface area contributed by atoms with Crippen molar-refractivity contribution in [2.45, 2.75) is 35.9 Å². The Morgan fingerprint density at radius 1 is 1.91 bits per heavy atom. The van der Waals surface area contributed by atoms with Gasteiger partial charge in [0.25, 0.3) is 0 Å². The summed E-state index contributed by atoms with van der Waals surface area (Å²) < 4.78 is 5.15. The van der Waals surface area contributed by atoms with Crippen LogP contribution in [0.15, 0.2) is 0 Å². The first-order valence-corrected chi connectivity index (χ1v) is 4.75. The van der Waals surface area contributed by atoms with Crippen molar-refractivity contribution in [2.24, 2.45) is 0 Å². The van der Waals surface area contributed by atoms with Gasteiger partial charge in [0.2, 0.25) is 0 Å². The Kier molecular flexibility index (Phi) is 2.43. The van der Waals surface area contributed by atoms with E-state index in [-0.39, 0.29) is 16.3 Å². The highest BCUT2D eigenvalue weighted by atomic mass is 127. The van der Waals surface area contributed by atoms with Crippen LogP contribution in [0.2, 0.25) is 0 Å². The number of rotatable bonds is 1. The predicted octanol–water partition coefficient (Wildman–Crippen LogP) is 0.876. The van der Waals surface area contributed by atoms with Crippen molar-refractivity contribution in [3.63, 3.8) is 0 Å². The topological polar surface area (TPSA) is 46.5 Å². The molecule has 1 rings (SSSR count). The molecule has 1 aliphatic rings. The quantitative estimate of drug-likeness (QED) is 0.437. The molecular formula is C7H11IO3. The number of halogens is 1. The van der Waals surface area contributed by atoms with Crippen LogP contribution in [0.5, 0.6) is 0 Å². The predicted molar refractivity (Wildman–Crippen MR) is 48.6 cm³/mol. The summed E-state index contributed by atoms with van der Waals surface area (Å²) in [6.07, 6.45) is -0.522. The fraction of sp³-hybridized carbons (Fsp3) is 0.857. The van der Waals surface area contributed by atoms with Gasteiger partial charge in [-0.25, -0.2) is 0 Å². The maximum Gasteiger partial charge on any atom is 0.309 e. The molecule has 0 aromatic heterocycles. The van der Waals surface area contributed by atoms with Crippen LogP contribution in [0.25, 0.3) is 0 Å². The van der Waals surface area contributed by atoms with Crippen LogP contribution in [0.3, 0.4) is 0 Å². The summed E-state index contributed by atoms with van der Waals surface area (Å²) in [6, 6.07) is 0. The minimum Gasteiger partial charge on any atom is -0.455 e. The molecule has 1 heterocycles. The third-order valence-electron chi connectivity index (χ3n) is 2.15. The van der Waals surface area contributed by atoms with Crippen molar-refractivity contribution in [3.8, 4) is 0 Å². The molecule has 1 fully saturated rings. The number of hydrogen-bond donors (Lipinski definition) is 1. The fourth-order valence-corrected chi connectivity index (χ4v) is 1.60. The van der Waals surface area contributed by atoms with Gasteiger partial charge >= 0.3 is 5.97 Å². The molecule has 0 aliphatic carbocycles. The van der Waals surface area contributed by atoms with Crippen LogP contribution < -0.4 is 0 Å². The average molecular weight is 270 g/mol. The first kappa shape index (κ1) is 9.25. The standard InChI is InChI=1S/C7H11IO3/c1-4(8)7(2)5(9)3-6(10)11-7/h4-5,9H,3H2,1-2H3/t4-,5-,7-/m1/s1. The van der Waals surface area contributed by atoms with E-state index in [1.54, 1.807) is 6.92 Å². The molecule has 0 unspecified atom stereocenters. The van der Waals surface area contributed by atoms with Crippen molar-refractivity contribution >= 4 is 28.6 Å². The molecule has 1 aliphatic heterocycles. The van der Waals surface area contributed by atoms with Crippen LogP contribution >= 0.6 is 22.6 Å². The van der Waals surface area contributed by atoms with Gasteiger partial charge in [-0.05, 0) is 13.8 Å². The van der Waals surface area contributed by atoms with Crippen molar-refractivity contribution < 1.29 is 14.6 Å². The van der Waals surface area contributed by atoms with Gasteiger partial charge in [0.15, 0.2) is 0 Å². The van der Waals surface area contributed by atoms with E-state index in [0.717, 1.165) is 0 Å². The number of aliphatic hydroxyl groups excluding tert-OH is 1. The normalized spacial score (nSPS) is 40.4. The molecule has 4 heteroatoms. The van der Waals surface area contributed by atoms with Gasteiger partial charge < -0.3 is 9.84 Å². The van der Waals surface area contributed by atoms with E-state index >= 15 is 0 Å². The van der Waals surface area contributed by atoms with Crippen molar-refractivity contribution in [1.82, 2.24) is 0 Å². The number of cyclic esters (lactones) is 1. The molecule has 0 aromatic rings. The molecule has 11 heavy (non-hydrogen) atoms. The van der Waals surface area contributed by atoms with Gasteiger partial charge in [-0.3, -0.25) is 4.79 Å². The summed E-state index contributed by atoms with van der Waals surface area (Å²) in [5.41, 5.74) is -0.683. The zero-order valence-electron chi connectivity index (χ0n) is 6.50. The number of hydrogen-bond acceptors (Lipinski definition) is 3. The van der Waals surface area contributed by atoms with Crippen molar-refractivity contribution in [3.05, 3.63) is 0 Å². The smallest absolute Gasteiger partial charge is 0.309 e. The van der Waals surface area contributed by atoms with Crippen molar-refractivity contribution in [2.75, 3.05) is 0 Å². The Bertz CT molecular complexity index is 181. The summed E-state index contributed by atoms with van der Waals surface area (Å²) in [4.78, 5) is 10.8. The van der Waals surface area contributed by atoms with Gasteiger partial charge in [0.1, 0.15) is 11.7 Å². The maximum absolute atomic E-state index is 10.8. The molecule has 1 N–H and O–H groups in total. The van der Waals surface area contributed by atoms with Crippen molar-refractivity contribution in [1.29, 1.82) is 0 Å². The second-order valence-electron chi connectivity index (χ2n) is 2.99. The lowest BCUT2D eigenvalue weighted by Crippen LogP contribution is -2.42. The van der Waals surface area contributed by atoms with Gasteiger partial charge in [-0.2, -0.15) is 0 Å². The number of carbonyl (C=O) groups excluding carboxylic acids is 1. The lowest BCUT2D eigenvalue weighted by molar-refractivity contribution is -0.148. The zero-order chi connectivity index (χ0) is 8.65. The maximum atomic E-state index is 10.8. The highest BCUT2D eigenvalue weighted by Gasteiger charge is 2.47. The first-order valence-electron chi connectivity index (χ1n) is 3.51. The van der Waals surface area contributed by atoms with Crippen LogP contribution in [0, 0.1) is 0 Å². The fourth-order valence-electron chi connectivity index (χ4n) is 1.06. The Morgan fingerprint density at radius 3 is 2.64 bits per heavy atom. The van der Waals surface area contributed by atoms with E-state index in [0.29, 0.717) is 0 Å².